The zero-order chi connectivity index (χ0) is 20.0. The topological polar surface area (TPSA) is 76.8 Å². The van der Waals surface area contributed by atoms with E-state index in [0.29, 0.717) is 12.4 Å². The normalized spacial score (nSPS) is 23.3. The van der Waals surface area contributed by atoms with E-state index < -0.39 is 0 Å². The van der Waals surface area contributed by atoms with E-state index >= 15 is 0 Å². The number of aliphatic hydroxyl groups is 1. The van der Waals surface area contributed by atoms with Gasteiger partial charge in [-0.05, 0) is 67.5 Å². The Morgan fingerprint density at radius 3 is 2.90 bits per heavy atom. The van der Waals surface area contributed by atoms with Crippen LogP contribution in [0.2, 0.25) is 0 Å². The highest BCUT2D eigenvalue weighted by Crippen LogP contribution is 2.45. The van der Waals surface area contributed by atoms with Crippen molar-refractivity contribution < 1.29 is 14.6 Å². The van der Waals surface area contributed by atoms with Gasteiger partial charge in [0.1, 0.15) is 5.52 Å². The van der Waals surface area contributed by atoms with Crippen LogP contribution in [0.5, 0.6) is 11.5 Å². The molecule has 0 spiro atoms. The van der Waals surface area contributed by atoms with Crippen LogP contribution in [-0.4, -0.2) is 46.3 Å². The minimum Gasteiger partial charge on any atom is -0.493 e. The van der Waals surface area contributed by atoms with Gasteiger partial charge in [0, 0.05) is 17.0 Å². The fourth-order valence-electron chi connectivity index (χ4n) is 4.53. The molecular weight excluding hydrogens is 386 g/mol. The molecule has 150 valence electrons. The van der Waals surface area contributed by atoms with E-state index in [1.54, 1.807) is 7.11 Å². The van der Waals surface area contributed by atoms with Crippen molar-refractivity contribution in [2.24, 2.45) is 4.99 Å². The second kappa shape index (κ2) is 7.39. The summed E-state index contributed by atoms with van der Waals surface area (Å²) in [7, 11) is 1.66. The van der Waals surface area contributed by atoms with Gasteiger partial charge in [0.25, 0.3) is 0 Å². The largest absolute Gasteiger partial charge is 0.493 e. The zero-order valence-electron chi connectivity index (χ0n) is 16.5. The van der Waals surface area contributed by atoms with Crippen LogP contribution in [0.4, 0.5) is 0 Å². The average molecular weight is 410 g/mol. The number of ether oxygens (including phenoxy) is 2. The van der Waals surface area contributed by atoms with Gasteiger partial charge in [0.2, 0.25) is 0 Å². The van der Waals surface area contributed by atoms with Gasteiger partial charge in [-0.3, -0.25) is 4.99 Å². The second-order valence-corrected chi connectivity index (χ2v) is 8.38. The number of aliphatic hydroxyl groups excluding tert-OH is 1. The molecule has 6 nitrogen and oxygen atoms in total. The SMILES string of the molecule is CCOc1cc2c(cc1OC)C(c1ccc3snnc3c1)=NC1CCC(O)CC21. The summed E-state index contributed by atoms with van der Waals surface area (Å²) in [6.07, 6.45) is 2.11. The van der Waals surface area contributed by atoms with Crippen LogP contribution in [0.1, 0.15) is 48.8 Å². The van der Waals surface area contributed by atoms with E-state index in [0.717, 1.165) is 52.1 Å². The van der Waals surface area contributed by atoms with Crippen molar-refractivity contribution in [3.8, 4) is 11.5 Å². The van der Waals surface area contributed by atoms with Gasteiger partial charge in [-0.2, -0.15) is 0 Å². The summed E-state index contributed by atoms with van der Waals surface area (Å²) in [5, 5.41) is 14.5. The van der Waals surface area contributed by atoms with Gasteiger partial charge >= 0.3 is 0 Å². The first-order chi connectivity index (χ1) is 14.2. The Bertz CT molecular complexity index is 1090. The van der Waals surface area contributed by atoms with E-state index in [-0.39, 0.29) is 18.1 Å². The number of benzene rings is 2. The third-order valence-corrected chi connectivity index (χ3v) is 6.60. The molecule has 29 heavy (non-hydrogen) atoms. The Morgan fingerprint density at radius 1 is 1.17 bits per heavy atom. The molecule has 0 saturated heterocycles. The van der Waals surface area contributed by atoms with Crippen LogP contribution in [0, 0.1) is 0 Å². The highest BCUT2D eigenvalue weighted by Gasteiger charge is 2.37. The monoisotopic (exact) mass is 409 g/mol. The minimum absolute atomic E-state index is 0.160. The molecule has 5 rings (SSSR count). The first-order valence-electron chi connectivity index (χ1n) is 10.0. The van der Waals surface area contributed by atoms with Crippen molar-refractivity contribution in [3.05, 3.63) is 47.0 Å². The maximum Gasteiger partial charge on any atom is 0.161 e. The van der Waals surface area contributed by atoms with Gasteiger partial charge < -0.3 is 14.6 Å². The van der Waals surface area contributed by atoms with Crippen molar-refractivity contribution in [1.29, 1.82) is 0 Å². The molecule has 3 atom stereocenters. The Balaban J connectivity index is 1.69. The third kappa shape index (κ3) is 3.18. The number of nitrogens with zero attached hydrogens (tertiary/aromatic N) is 3. The maximum atomic E-state index is 10.3. The number of hydrogen-bond donors (Lipinski definition) is 1. The smallest absolute Gasteiger partial charge is 0.161 e. The lowest BCUT2D eigenvalue weighted by molar-refractivity contribution is 0.111. The van der Waals surface area contributed by atoms with Crippen LogP contribution in [-0.2, 0) is 0 Å². The fourth-order valence-corrected chi connectivity index (χ4v) is 5.07. The van der Waals surface area contributed by atoms with E-state index in [9.17, 15) is 5.11 Å². The number of hydrogen-bond acceptors (Lipinski definition) is 7. The summed E-state index contributed by atoms with van der Waals surface area (Å²) in [5.74, 6) is 1.63. The first-order valence-corrected chi connectivity index (χ1v) is 10.8. The molecule has 7 heteroatoms. The quantitative estimate of drug-likeness (QED) is 0.706. The highest BCUT2D eigenvalue weighted by atomic mass is 32.1. The summed E-state index contributed by atoms with van der Waals surface area (Å²) in [5.41, 5.74) is 5.09. The number of rotatable bonds is 4. The van der Waals surface area contributed by atoms with Crippen molar-refractivity contribution in [1.82, 2.24) is 9.59 Å². The average Bonchev–Trinajstić information content (AvgIpc) is 3.21. The van der Waals surface area contributed by atoms with Crippen LogP contribution in [0.25, 0.3) is 10.2 Å². The molecule has 0 bridgehead atoms. The number of fused-ring (bicyclic) bond motifs is 4. The van der Waals surface area contributed by atoms with E-state index in [2.05, 4.69) is 33.9 Å². The van der Waals surface area contributed by atoms with Crippen LogP contribution in [0.15, 0.2) is 35.3 Å². The van der Waals surface area contributed by atoms with Gasteiger partial charge in [-0.25, -0.2) is 0 Å². The van der Waals surface area contributed by atoms with Crippen LogP contribution >= 0.6 is 11.5 Å². The molecule has 1 saturated carbocycles. The molecule has 2 aromatic carbocycles. The Hall–Kier alpha value is -2.51. The summed E-state index contributed by atoms with van der Waals surface area (Å²) in [6.45, 7) is 2.54. The molecule has 2 aliphatic rings. The molecule has 3 unspecified atom stereocenters. The second-order valence-electron chi connectivity index (χ2n) is 7.60. The molecule has 1 aliphatic heterocycles. The minimum atomic E-state index is -0.282. The fraction of sp³-hybridized carbons (Fsp3) is 0.409. The molecule has 1 N–H and O–H groups in total. The number of methoxy groups -OCH3 is 1. The lowest BCUT2D eigenvalue weighted by Gasteiger charge is -2.37. The molecule has 2 heterocycles. The summed E-state index contributed by atoms with van der Waals surface area (Å²) < 4.78 is 16.6. The van der Waals surface area contributed by atoms with Crippen molar-refractivity contribution in [2.75, 3.05) is 13.7 Å². The third-order valence-electron chi connectivity index (χ3n) is 5.89. The Labute approximate surface area is 173 Å². The number of aliphatic imine (C=N–C) groups is 1. The predicted molar refractivity (Wildman–Crippen MR) is 114 cm³/mol. The lowest BCUT2D eigenvalue weighted by atomic mass is 9.74. The van der Waals surface area contributed by atoms with Gasteiger partial charge in [0.05, 0.1) is 36.3 Å². The predicted octanol–water partition coefficient (Wildman–Crippen LogP) is 3.95. The standard InChI is InChI=1S/C22H23N3O3S/c1-3-28-20-10-14-15-9-13(26)5-6-17(15)23-22(16(14)11-19(20)27-2)12-4-7-21-18(8-12)24-25-29-21/h4,7-8,10-11,13,15,17,26H,3,5-6,9H2,1-2H3. The summed E-state index contributed by atoms with van der Waals surface area (Å²) in [4.78, 5) is 5.16. The Morgan fingerprint density at radius 2 is 2.07 bits per heavy atom. The molecule has 0 amide bonds. The van der Waals surface area contributed by atoms with E-state index in [1.807, 2.05) is 13.0 Å². The van der Waals surface area contributed by atoms with Crippen molar-refractivity contribution in [2.45, 2.75) is 44.2 Å². The highest BCUT2D eigenvalue weighted by molar-refractivity contribution is 7.12. The van der Waals surface area contributed by atoms with Crippen LogP contribution in [0.3, 0.4) is 0 Å². The molecule has 3 aromatic rings. The lowest BCUT2D eigenvalue weighted by Crippen LogP contribution is -2.34. The number of aromatic nitrogens is 2. The van der Waals surface area contributed by atoms with Gasteiger partial charge in [-0.1, -0.05) is 10.6 Å². The first kappa shape index (κ1) is 18.5. The van der Waals surface area contributed by atoms with Crippen molar-refractivity contribution >= 4 is 27.5 Å². The summed E-state index contributed by atoms with van der Waals surface area (Å²) >= 11 is 1.39. The van der Waals surface area contributed by atoms with E-state index in [1.165, 1.54) is 17.1 Å². The van der Waals surface area contributed by atoms with E-state index in [4.69, 9.17) is 14.5 Å². The molecule has 0 radical (unpaired) electrons. The van der Waals surface area contributed by atoms with Crippen LogP contribution < -0.4 is 9.47 Å². The summed E-state index contributed by atoms with van der Waals surface area (Å²) in [6, 6.07) is 10.5. The maximum absolute atomic E-state index is 10.3. The molecular formula is C22H23N3O3S. The van der Waals surface area contributed by atoms with Gasteiger partial charge in [-0.15, -0.1) is 5.10 Å². The zero-order valence-corrected chi connectivity index (χ0v) is 17.3. The molecule has 1 fully saturated rings. The molecule has 1 aliphatic carbocycles. The van der Waals surface area contributed by atoms with Crippen molar-refractivity contribution in [3.63, 3.8) is 0 Å². The Kier molecular flexibility index (Phi) is 4.72. The molecule has 1 aromatic heterocycles. The van der Waals surface area contributed by atoms with Gasteiger partial charge in [0.15, 0.2) is 11.5 Å².